The van der Waals surface area contributed by atoms with Crippen molar-refractivity contribution in [2.75, 3.05) is 0 Å². The van der Waals surface area contributed by atoms with Gasteiger partial charge in [-0.15, -0.1) is 0 Å². The third-order valence-electron chi connectivity index (χ3n) is 4.93. The zero-order chi connectivity index (χ0) is 20.8. The summed E-state index contributed by atoms with van der Waals surface area (Å²) in [6, 6.07) is 8.29. The summed E-state index contributed by atoms with van der Waals surface area (Å²) in [6.45, 7) is 1.64. The van der Waals surface area contributed by atoms with Crippen LogP contribution in [0, 0.1) is 12.7 Å². The van der Waals surface area contributed by atoms with Crippen LogP contribution in [0.3, 0.4) is 0 Å². The topological polar surface area (TPSA) is 59.8 Å². The highest BCUT2D eigenvalue weighted by Gasteiger charge is 2.40. The van der Waals surface area contributed by atoms with E-state index in [9.17, 15) is 22.4 Å². The molecule has 4 rings (SSSR count). The molecule has 0 bridgehead atoms. The smallest absolute Gasteiger partial charge is 0.349 e. The lowest BCUT2D eigenvalue weighted by atomic mass is 10.1. The molecule has 1 aliphatic carbocycles. The van der Waals surface area contributed by atoms with E-state index in [0.29, 0.717) is 17.7 Å². The van der Waals surface area contributed by atoms with Gasteiger partial charge in [0.1, 0.15) is 5.82 Å². The number of alkyl halides is 3. The predicted octanol–water partition coefficient (Wildman–Crippen LogP) is 4.02. The molecule has 29 heavy (non-hydrogen) atoms. The summed E-state index contributed by atoms with van der Waals surface area (Å²) in [5, 5.41) is 6.97. The highest BCUT2D eigenvalue weighted by molar-refractivity contribution is 5.95. The quantitative estimate of drug-likeness (QED) is 0.669. The lowest BCUT2D eigenvalue weighted by molar-refractivity contribution is -0.137. The Hall–Kier alpha value is -3.23. The van der Waals surface area contributed by atoms with E-state index in [1.807, 2.05) is 6.07 Å². The standard InChI is InChI=1S/C20H16F4N4O/c1-11-16(10-26-28(11)18-6-5-13(9-25-18)20(22,23)24)19(29)27-17-8-15(17)12-3-2-4-14(21)7-12/h2-7,9-10,15,17H,8H2,1H3,(H,27,29)/t15-,17+/m0/s1. The van der Waals surface area contributed by atoms with Gasteiger partial charge in [-0.1, -0.05) is 12.1 Å². The van der Waals surface area contributed by atoms with Crippen molar-refractivity contribution in [2.45, 2.75) is 31.5 Å². The second-order valence-corrected chi connectivity index (χ2v) is 6.94. The Morgan fingerprint density at radius 3 is 2.66 bits per heavy atom. The molecular weight excluding hydrogens is 388 g/mol. The second-order valence-electron chi connectivity index (χ2n) is 6.94. The van der Waals surface area contributed by atoms with Crippen molar-refractivity contribution in [3.8, 4) is 5.82 Å². The SMILES string of the molecule is Cc1c(C(=O)N[C@@H]2C[C@H]2c2cccc(F)c2)cnn1-c1ccc(C(F)(F)F)cn1. The Morgan fingerprint density at radius 2 is 2.00 bits per heavy atom. The Morgan fingerprint density at radius 1 is 1.21 bits per heavy atom. The number of hydrogen-bond donors (Lipinski definition) is 1. The Kier molecular flexibility index (Phi) is 4.60. The molecule has 2 heterocycles. The molecule has 1 fully saturated rings. The maximum Gasteiger partial charge on any atom is 0.417 e. The molecule has 1 amide bonds. The highest BCUT2D eigenvalue weighted by Crippen LogP contribution is 2.41. The van der Waals surface area contributed by atoms with E-state index >= 15 is 0 Å². The maximum absolute atomic E-state index is 13.4. The number of rotatable bonds is 4. The van der Waals surface area contributed by atoms with Crippen molar-refractivity contribution in [1.82, 2.24) is 20.1 Å². The van der Waals surface area contributed by atoms with E-state index in [2.05, 4.69) is 15.4 Å². The third-order valence-corrected chi connectivity index (χ3v) is 4.93. The Bertz CT molecular complexity index is 1060. The summed E-state index contributed by atoms with van der Waals surface area (Å²) in [5.41, 5.74) is 0.729. The lowest BCUT2D eigenvalue weighted by Crippen LogP contribution is -2.27. The van der Waals surface area contributed by atoms with Crippen LogP contribution in [0.2, 0.25) is 0 Å². The van der Waals surface area contributed by atoms with E-state index in [0.717, 1.165) is 17.8 Å². The van der Waals surface area contributed by atoms with Crippen LogP contribution >= 0.6 is 0 Å². The molecule has 9 heteroatoms. The minimum Gasteiger partial charge on any atom is -0.349 e. The molecule has 3 aromatic rings. The summed E-state index contributed by atoms with van der Waals surface area (Å²) in [5.74, 6) is -0.426. The number of pyridine rings is 1. The van der Waals surface area contributed by atoms with Gasteiger partial charge in [0.2, 0.25) is 0 Å². The Balaban J connectivity index is 1.47. The van der Waals surface area contributed by atoms with Crippen LogP contribution in [0.25, 0.3) is 5.82 Å². The molecule has 150 valence electrons. The number of amides is 1. The summed E-state index contributed by atoms with van der Waals surface area (Å²) >= 11 is 0. The van der Waals surface area contributed by atoms with Gasteiger partial charge >= 0.3 is 6.18 Å². The summed E-state index contributed by atoms with van der Waals surface area (Å²) < 4.78 is 52.7. The van der Waals surface area contributed by atoms with Crippen molar-refractivity contribution < 1.29 is 22.4 Å². The molecule has 5 nitrogen and oxygen atoms in total. The van der Waals surface area contributed by atoms with Crippen LogP contribution in [0.4, 0.5) is 17.6 Å². The van der Waals surface area contributed by atoms with E-state index in [1.165, 1.54) is 29.1 Å². The van der Waals surface area contributed by atoms with E-state index < -0.39 is 11.7 Å². The monoisotopic (exact) mass is 404 g/mol. The molecular formula is C20H16F4N4O. The van der Waals surface area contributed by atoms with Crippen molar-refractivity contribution in [3.05, 3.63) is 77.0 Å². The van der Waals surface area contributed by atoms with Gasteiger partial charge in [-0.3, -0.25) is 4.79 Å². The van der Waals surface area contributed by atoms with Gasteiger partial charge in [0.05, 0.1) is 23.0 Å². The maximum atomic E-state index is 13.4. The zero-order valence-electron chi connectivity index (χ0n) is 15.2. The van der Waals surface area contributed by atoms with Gasteiger partial charge in [0, 0.05) is 18.2 Å². The normalized spacial score (nSPS) is 18.5. The number of hydrogen-bond acceptors (Lipinski definition) is 3. The van der Waals surface area contributed by atoms with Gasteiger partial charge in [0.15, 0.2) is 5.82 Å². The van der Waals surface area contributed by atoms with Crippen molar-refractivity contribution in [3.63, 3.8) is 0 Å². The van der Waals surface area contributed by atoms with Gasteiger partial charge in [-0.25, -0.2) is 14.1 Å². The number of carbonyl (C=O) groups is 1. The van der Waals surface area contributed by atoms with E-state index in [1.54, 1.807) is 13.0 Å². The molecule has 0 saturated heterocycles. The van der Waals surface area contributed by atoms with Crippen LogP contribution < -0.4 is 5.32 Å². The first kappa shape index (κ1) is 19.1. The van der Waals surface area contributed by atoms with Crippen molar-refractivity contribution in [2.24, 2.45) is 0 Å². The van der Waals surface area contributed by atoms with Gasteiger partial charge in [-0.05, 0) is 43.2 Å². The van der Waals surface area contributed by atoms with Crippen LogP contribution in [0.5, 0.6) is 0 Å². The number of nitrogens with one attached hydrogen (secondary N) is 1. The molecule has 1 aromatic carbocycles. The first-order valence-electron chi connectivity index (χ1n) is 8.88. The molecule has 2 atom stereocenters. The second kappa shape index (κ2) is 6.98. The van der Waals surface area contributed by atoms with Crippen molar-refractivity contribution >= 4 is 5.91 Å². The van der Waals surface area contributed by atoms with Gasteiger partial charge in [0.25, 0.3) is 5.91 Å². The predicted molar refractivity (Wildman–Crippen MR) is 96.1 cm³/mol. The summed E-state index contributed by atoms with van der Waals surface area (Å²) in [6.07, 6.45) is -1.69. The van der Waals surface area contributed by atoms with Crippen LogP contribution in [-0.4, -0.2) is 26.7 Å². The van der Waals surface area contributed by atoms with Crippen LogP contribution in [-0.2, 0) is 6.18 Å². The molecule has 0 spiro atoms. The zero-order valence-corrected chi connectivity index (χ0v) is 15.2. The molecule has 2 aromatic heterocycles. The summed E-state index contributed by atoms with van der Waals surface area (Å²) in [7, 11) is 0. The fourth-order valence-corrected chi connectivity index (χ4v) is 3.25. The highest BCUT2D eigenvalue weighted by atomic mass is 19.4. The van der Waals surface area contributed by atoms with Crippen LogP contribution in [0.1, 0.15) is 39.5 Å². The first-order valence-corrected chi connectivity index (χ1v) is 8.88. The average Bonchev–Trinajstić information content (AvgIpc) is 3.32. The van der Waals surface area contributed by atoms with Gasteiger partial charge in [-0.2, -0.15) is 18.3 Å². The number of aromatic nitrogens is 3. The Labute approximate surface area is 163 Å². The molecule has 1 N–H and O–H groups in total. The minimum absolute atomic E-state index is 0.0570. The number of halogens is 4. The largest absolute Gasteiger partial charge is 0.417 e. The third kappa shape index (κ3) is 3.85. The lowest BCUT2D eigenvalue weighted by Gasteiger charge is -2.08. The molecule has 1 saturated carbocycles. The van der Waals surface area contributed by atoms with Crippen molar-refractivity contribution in [1.29, 1.82) is 0 Å². The van der Waals surface area contributed by atoms with Gasteiger partial charge < -0.3 is 5.32 Å². The average molecular weight is 404 g/mol. The molecule has 0 aliphatic heterocycles. The molecule has 0 unspecified atom stereocenters. The number of benzene rings is 1. The summed E-state index contributed by atoms with van der Waals surface area (Å²) in [4.78, 5) is 16.4. The van der Waals surface area contributed by atoms with E-state index in [4.69, 9.17) is 0 Å². The molecule has 1 aliphatic rings. The minimum atomic E-state index is -4.47. The molecule has 0 radical (unpaired) electrons. The fraction of sp³-hybridized carbons (Fsp3) is 0.250. The number of nitrogens with zero attached hydrogens (tertiary/aromatic N) is 3. The first-order chi connectivity index (χ1) is 13.7. The van der Waals surface area contributed by atoms with Crippen LogP contribution in [0.15, 0.2) is 48.8 Å². The number of carbonyl (C=O) groups excluding carboxylic acids is 1. The van der Waals surface area contributed by atoms with E-state index in [-0.39, 0.29) is 29.5 Å². The fourth-order valence-electron chi connectivity index (χ4n) is 3.25.